The molecule has 0 aliphatic carbocycles. The van der Waals surface area contributed by atoms with Gasteiger partial charge >= 0.3 is 0 Å². The third-order valence-electron chi connectivity index (χ3n) is 4.16. The monoisotopic (exact) mass is 277 g/mol. The van der Waals surface area contributed by atoms with E-state index >= 15 is 0 Å². The molecule has 0 radical (unpaired) electrons. The molecule has 2 heterocycles. The normalized spacial score (nSPS) is 20.1. The molecule has 1 aliphatic rings. The van der Waals surface area contributed by atoms with Crippen molar-refractivity contribution in [1.82, 2.24) is 14.5 Å². The van der Waals surface area contributed by atoms with Crippen LogP contribution in [0.25, 0.3) is 11.0 Å². The summed E-state index contributed by atoms with van der Waals surface area (Å²) in [6.07, 6.45) is 2.16. The predicted molar refractivity (Wildman–Crippen MR) is 75.9 cm³/mol. The quantitative estimate of drug-likeness (QED) is 0.931. The average Bonchev–Trinajstić information content (AvgIpc) is 3.02. The Hall–Kier alpha value is -1.46. The van der Waals surface area contributed by atoms with Crippen LogP contribution >= 0.6 is 0 Å². The summed E-state index contributed by atoms with van der Waals surface area (Å²) in [5.74, 6) is 0.702. The van der Waals surface area contributed by atoms with Crippen molar-refractivity contribution in [2.75, 3.05) is 13.2 Å². The van der Waals surface area contributed by atoms with Crippen molar-refractivity contribution in [3.8, 4) is 0 Å². The van der Waals surface area contributed by atoms with Crippen molar-refractivity contribution in [3.63, 3.8) is 0 Å². The summed E-state index contributed by atoms with van der Waals surface area (Å²) in [5.41, 5.74) is 1.69. The lowest BCUT2D eigenvalue weighted by atomic mass is 10.2. The van der Waals surface area contributed by atoms with Gasteiger partial charge in [0.1, 0.15) is 11.6 Å². The maximum Gasteiger partial charge on any atom is 0.125 e. The number of aliphatic hydroxyl groups is 1. The Kier molecular flexibility index (Phi) is 3.72. The van der Waals surface area contributed by atoms with Crippen molar-refractivity contribution in [2.45, 2.75) is 38.9 Å². The van der Waals surface area contributed by atoms with Gasteiger partial charge in [0.2, 0.25) is 0 Å². The molecule has 108 valence electrons. The van der Waals surface area contributed by atoms with E-state index in [4.69, 9.17) is 0 Å². The molecule has 0 unspecified atom stereocenters. The fourth-order valence-corrected chi connectivity index (χ4v) is 3.12. The maximum absolute atomic E-state index is 13.3. The number of benzene rings is 1. The molecule has 1 aromatic carbocycles. The summed E-state index contributed by atoms with van der Waals surface area (Å²) in [7, 11) is 0. The number of halogens is 1. The van der Waals surface area contributed by atoms with Crippen LogP contribution in [0, 0.1) is 5.82 Å². The highest BCUT2D eigenvalue weighted by Gasteiger charge is 2.25. The number of fused-ring (bicyclic) bond motifs is 1. The summed E-state index contributed by atoms with van der Waals surface area (Å²) < 4.78 is 15.4. The molecule has 1 N–H and O–H groups in total. The third-order valence-corrected chi connectivity index (χ3v) is 4.16. The van der Waals surface area contributed by atoms with Crippen molar-refractivity contribution in [3.05, 3.63) is 29.8 Å². The van der Waals surface area contributed by atoms with Crippen LogP contribution in [-0.4, -0.2) is 38.8 Å². The average molecular weight is 277 g/mol. The highest BCUT2D eigenvalue weighted by atomic mass is 19.1. The van der Waals surface area contributed by atoms with Gasteiger partial charge in [-0.05, 0) is 38.4 Å². The minimum atomic E-state index is -0.251. The number of hydrogen-bond acceptors (Lipinski definition) is 3. The molecule has 20 heavy (non-hydrogen) atoms. The highest BCUT2D eigenvalue weighted by molar-refractivity contribution is 5.76. The standard InChI is InChI=1S/C15H20FN3O/c1-2-19-14-6-5-11(16)8-13(14)17-15(19)9-18-7-3-4-12(18)10-20/h5-6,8,12,20H,2-4,7,9-10H2,1H3/t12-/m1/s1. The lowest BCUT2D eigenvalue weighted by Gasteiger charge is -2.22. The van der Waals surface area contributed by atoms with Gasteiger partial charge in [-0.2, -0.15) is 0 Å². The minimum Gasteiger partial charge on any atom is -0.395 e. The van der Waals surface area contributed by atoms with E-state index in [-0.39, 0.29) is 18.5 Å². The Balaban J connectivity index is 1.94. The number of aryl methyl sites for hydroxylation is 1. The number of aliphatic hydroxyl groups excluding tert-OH is 1. The molecular formula is C15H20FN3O. The van der Waals surface area contributed by atoms with Crippen LogP contribution in [0.2, 0.25) is 0 Å². The van der Waals surface area contributed by atoms with Crippen LogP contribution < -0.4 is 0 Å². The predicted octanol–water partition coefficient (Wildman–Crippen LogP) is 2.15. The second-order valence-corrected chi connectivity index (χ2v) is 5.35. The Morgan fingerprint density at radius 3 is 3.05 bits per heavy atom. The van der Waals surface area contributed by atoms with Crippen LogP contribution in [0.5, 0.6) is 0 Å². The molecule has 3 rings (SSSR count). The number of hydrogen-bond donors (Lipinski definition) is 1. The third kappa shape index (κ3) is 2.31. The molecule has 1 aromatic heterocycles. The van der Waals surface area contributed by atoms with E-state index in [9.17, 15) is 9.50 Å². The van der Waals surface area contributed by atoms with E-state index in [1.807, 2.05) is 0 Å². The van der Waals surface area contributed by atoms with E-state index in [0.717, 1.165) is 43.8 Å². The second-order valence-electron chi connectivity index (χ2n) is 5.35. The molecule has 0 saturated carbocycles. The molecular weight excluding hydrogens is 257 g/mol. The summed E-state index contributed by atoms with van der Waals surface area (Å²) >= 11 is 0. The Bertz CT molecular complexity index is 610. The Morgan fingerprint density at radius 1 is 1.45 bits per heavy atom. The number of rotatable bonds is 4. The van der Waals surface area contributed by atoms with Crippen molar-refractivity contribution in [2.24, 2.45) is 0 Å². The lowest BCUT2D eigenvalue weighted by Crippen LogP contribution is -2.32. The fraction of sp³-hybridized carbons (Fsp3) is 0.533. The number of likely N-dealkylation sites (tertiary alicyclic amines) is 1. The first-order valence-corrected chi connectivity index (χ1v) is 7.22. The number of nitrogens with zero attached hydrogens (tertiary/aromatic N) is 3. The zero-order valence-electron chi connectivity index (χ0n) is 11.7. The van der Waals surface area contributed by atoms with Crippen LogP contribution in [0.4, 0.5) is 4.39 Å². The molecule has 1 aliphatic heterocycles. The maximum atomic E-state index is 13.3. The smallest absolute Gasteiger partial charge is 0.125 e. The minimum absolute atomic E-state index is 0.195. The van der Waals surface area contributed by atoms with Gasteiger partial charge in [-0.25, -0.2) is 9.37 Å². The molecule has 5 heteroatoms. The Labute approximate surface area is 117 Å². The van der Waals surface area contributed by atoms with Gasteiger partial charge in [-0.15, -0.1) is 0 Å². The zero-order valence-corrected chi connectivity index (χ0v) is 11.7. The molecule has 0 bridgehead atoms. The van der Waals surface area contributed by atoms with Gasteiger partial charge in [0.05, 0.1) is 24.2 Å². The lowest BCUT2D eigenvalue weighted by molar-refractivity contribution is 0.150. The largest absolute Gasteiger partial charge is 0.395 e. The molecule has 4 nitrogen and oxygen atoms in total. The van der Waals surface area contributed by atoms with E-state index in [1.165, 1.54) is 12.1 Å². The van der Waals surface area contributed by atoms with Crippen LogP contribution in [0.3, 0.4) is 0 Å². The van der Waals surface area contributed by atoms with E-state index in [0.29, 0.717) is 5.52 Å². The summed E-state index contributed by atoms with van der Waals surface area (Å²) in [6.45, 7) is 4.79. The molecule has 2 aromatic rings. The van der Waals surface area contributed by atoms with Gasteiger partial charge < -0.3 is 9.67 Å². The van der Waals surface area contributed by atoms with Gasteiger partial charge in [0.15, 0.2) is 0 Å². The van der Waals surface area contributed by atoms with Crippen LogP contribution in [0.15, 0.2) is 18.2 Å². The van der Waals surface area contributed by atoms with Crippen molar-refractivity contribution >= 4 is 11.0 Å². The number of aromatic nitrogens is 2. The Morgan fingerprint density at radius 2 is 2.30 bits per heavy atom. The van der Waals surface area contributed by atoms with Gasteiger partial charge in [-0.1, -0.05) is 0 Å². The fourth-order valence-electron chi connectivity index (χ4n) is 3.12. The van der Waals surface area contributed by atoms with Crippen LogP contribution in [-0.2, 0) is 13.1 Å². The van der Waals surface area contributed by atoms with E-state index in [2.05, 4.69) is 21.4 Å². The highest BCUT2D eigenvalue weighted by Crippen LogP contribution is 2.22. The van der Waals surface area contributed by atoms with Gasteiger partial charge in [0, 0.05) is 18.7 Å². The SMILES string of the molecule is CCn1c(CN2CCC[C@@H]2CO)nc2cc(F)ccc21. The van der Waals surface area contributed by atoms with Crippen LogP contribution in [0.1, 0.15) is 25.6 Å². The van der Waals surface area contributed by atoms with E-state index in [1.54, 1.807) is 6.07 Å². The van der Waals surface area contributed by atoms with Crippen molar-refractivity contribution in [1.29, 1.82) is 0 Å². The molecule has 0 spiro atoms. The first kappa shape index (κ1) is 13.5. The first-order chi connectivity index (χ1) is 9.72. The zero-order chi connectivity index (χ0) is 14.1. The molecule has 1 atom stereocenters. The molecule has 0 amide bonds. The first-order valence-electron chi connectivity index (χ1n) is 7.22. The van der Waals surface area contributed by atoms with Crippen molar-refractivity contribution < 1.29 is 9.50 Å². The summed E-state index contributed by atoms with van der Waals surface area (Å²) in [4.78, 5) is 6.84. The van der Waals surface area contributed by atoms with Gasteiger partial charge in [-0.3, -0.25) is 4.90 Å². The van der Waals surface area contributed by atoms with E-state index < -0.39 is 0 Å². The second kappa shape index (κ2) is 5.50. The topological polar surface area (TPSA) is 41.3 Å². The summed E-state index contributed by atoms with van der Waals surface area (Å²) in [6, 6.07) is 4.99. The number of imidazole rings is 1. The molecule has 1 saturated heterocycles. The van der Waals surface area contributed by atoms with Gasteiger partial charge in [0.25, 0.3) is 0 Å². The molecule has 1 fully saturated rings. The summed E-state index contributed by atoms with van der Waals surface area (Å²) in [5, 5.41) is 9.40.